The van der Waals surface area contributed by atoms with Gasteiger partial charge in [-0.25, -0.2) is 4.39 Å². The van der Waals surface area contributed by atoms with Crippen molar-refractivity contribution < 1.29 is 9.18 Å². The normalized spacial score (nSPS) is 12.3. The van der Waals surface area contributed by atoms with Gasteiger partial charge in [0.15, 0.2) is 0 Å². The fourth-order valence-corrected chi connectivity index (χ4v) is 1.23. The molecule has 0 spiro atoms. The van der Waals surface area contributed by atoms with Crippen molar-refractivity contribution in [3.8, 4) is 0 Å². The lowest BCUT2D eigenvalue weighted by Gasteiger charge is -2.11. The van der Waals surface area contributed by atoms with Crippen LogP contribution in [0.5, 0.6) is 0 Å². The van der Waals surface area contributed by atoms with E-state index in [0.29, 0.717) is 6.42 Å². The summed E-state index contributed by atoms with van der Waals surface area (Å²) in [5, 5.41) is 2.52. The third-order valence-corrected chi connectivity index (χ3v) is 2.30. The largest absolute Gasteiger partial charge is 0.321 e. The van der Waals surface area contributed by atoms with E-state index in [1.807, 2.05) is 0 Å². The lowest BCUT2D eigenvalue weighted by atomic mass is 10.2. The van der Waals surface area contributed by atoms with Crippen molar-refractivity contribution in [3.63, 3.8) is 0 Å². The first-order chi connectivity index (χ1) is 7.06. The van der Waals surface area contributed by atoms with Crippen molar-refractivity contribution in [2.45, 2.75) is 19.4 Å². The highest BCUT2D eigenvalue weighted by molar-refractivity contribution is 6.33. The molecule has 0 heterocycles. The van der Waals surface area contributed by atoms with Crippen LogP contribution in [-0.4, -0.2) is 11.9 Å². The van der Waals surface area contributed by atoms with Gasteiger partial charge in [-0.3, -0.25) is 4.79 Å². The number of hydrogen-bond donors (Lipinski definition) is 2. The maximum atomic E-state index is 13.2. The Morgan fingerprint density at radius 2 is 2.33 bits per heavy atom. The van der Waals surface area contributed by atoms with Crippen molar-refractivity contribution >= 4 is 23.2 Å². The van der Waals surface area contributed by atoms with E-state index < -0.39 is 17.8 Å². The van der Waals surface area contributed by atoms with Gasteiger partial charge in [-0.15, -0.1) is 0 Å². The van der Waals surface area contributed by atoms with Gasteiger partial charge in [-0.05, 0) is 18.6 Å². The zero-order valence-electron chi connectivity index (χ0n) is 8.26. The number of anilines is 1. The number of rotatable bonds is 3. The number of carbonyl (C=O) groups excluding carboxylic acids is 1. The molecular weight excluding hydrogens is 219 g/mol. The number of nitrogens with one attached hydrogen (secondary N) is 1. The van der Waals surface area contributed by atoms with E-state index in [1.165, 1.54) is 18.2 Å². The molecule has 0 aromatic heterocycles. The van der Waals surface area contributed by atoms with E-state index >= 15 is 0 Å². The molecule has 0 saturated carbocycles. The molecule has 0 radical (unpaired) electrons. The molecule has 0 saturated heterocycles. The molecule has 1 aromatic rings. The van der Waals surface area contributed by atoms with Crippen LogP contribution in [0.3, 0.4) is 0 Å². The molecule has 5 heteroatoms. The second kappa shape index (κ2) is 5.09. The molecule has 0 fully saturated rings. The number of hydrogen-bond acceptors (Lipinski definition) is 2. The Kier molecular flexibility index (Phi) is 4.05. The third-order valence-electron chi connectivity index (χ3n) is 1.99. The topological polar surface area (TPSA) is 55.1 Å². The zero-order valence-corrected chi connectivity index (χ0v) is 9.01. The van der Waals surface area contributed by atoms with Crippen LogP contribution in [0.1, 0.15) is 13.3 Å². The van der Waals surface area contributed by atoms with Crippen LogP contribution < -0.4 is 11.1 Å². The molecule has 0 bridgehead atoms. The Morgan fingerprint density at radius 1 is 1.67 bits per heavy atom. The van der Waals surface area contributed by atoms with Gasteiger partial charge in [0, 0.05) is 0 Å². The minimum absolute atomic E-state index is 0.0203. The summed E-state index contributed by atoms with van der Waals surface area (Å²) in [6.45, 7) is 1.77. The summed E-state index contributed by atoms with van der Waals surface area (Å²) in [5.41, 5.74) is 5.47. The molecule has 1 aromatic carbocycles. The second-order valence-corrected chi connectivity index (χ2v) is 3.51. The van der Waals surface area contributed by atoms with Crippen LogP contribution in [0.4, 0.5) is 10.1 Å². The first kappa shape index (κ1) is 11.9. The first-order valence-electron chi connectivity index (χ1n) is 4.56. The molecule has 15 heavy (non-hydrogen) atoms. The van der Waals surface area contributed by atoms with Crippen molar-refractivity contribution in [2.24, 2.45) is 5.73 Å². The zero-order chi connectivity index (χ0) is 11.4. The van der Waals surface area contributed by atoms with E-state index in [0.717, 1.165) is 0 Å². The number of para-hydroxylation sites is 1. The van der Waals surface area contributed by atoms with Gasteiger partial charge in [0.1, 0.15) is 5.82 Å². The van der Waals surface area contributed by atoms with Crippen molar-refractivity contribution in [1.82, 2.24) is 0 Å². The van der Waals surface area contributed by atoms with Crippen molar-refractivity contribution in [1.29, 1.82) is 0 Å². The Balaban J connectivity index is 2.85. The van der Waals surface area contributed by atoms with Gasteiger partial charge in [0.2, 0.25) is 5.91 Å². The number of carbonyl (C=O) groups is 1. The fraction of sp³-hybridized carbons (Fsp3) is 0.300. The van der Waals surface area contributed by atoms with Gasteiger partial charge in [0.25, 0.3) is 0 Å². The van der Waals surface area contributed by atoms with Gasteiger partial charge < -0.3 is 11.1 Å². The monoisotopic (exact) mass is 230 g/mol. The summed E-state index contributed by atoms with van der Waals surface area (Å²) in [6, 6.07) is 3.53. The van der Waals surface area contributed by atoms with Gasteiger partial charge in [-0.1, -0.05) is 24.6 Å². The van der Waals surface area contributed by atoms with Crippen LogP contribution in [0.15, 0.2) is 18.2 Å². The maximum Gasteiger partial charge on any atom is 0.241 e. The van der Waals surface area contributed by atoms with Gasteiger partial charge in [0.05, 0.1) is 16.8 Å². The summed E-state index contributed by atoms with van der Waals surface area (Å²) < 4.78 is 13.2. The SMILES string of the molecule is CC[C@H](N)C(=O)Nc1c(F)cccc1Cl. The third kappa shape index (κ3) is 2.91. The fourth-order valence-electron chi connectivity index (χ4n) is 1.02. The molecule has 0 unspecified atom stereocenters. The predicted molar refractivity (Wildman–Crippen MR) is 58.3 cm³/mol. The lowest BCUT2D eigenvalue weighted by Crippen LogP contribution is -2.35. The van der Waals surface area contributed by atoms with Crippen LogP contribution in [0.25, 0.3) is 0 Å². The maximum absolute atomic E-state index is 13.2. The average Bonchev–Trinajstić information content (AvgIpc) is 2.22. The molecular formula is C10H12ClFN2O. The van der Waals surface area contributed by atoms with Crippen molar-refractivity contribution in [2.75, 3.05) is 5.32 Å². The molecule has 1 atom stereocenters. The summed E-state index contributed by atoms with van der Waals surface area (Å²) >= 11 is 5.73. The minimum Gasteiger partial charge on any atom is -0.321 e. The molecule has 1 amide bonds. The van der Waals surface area contributed by atoms with Crippen LogP contribution in [0.2, 0.25) is 5.02 Å². The highest BCUT2D eigenvalue weighted by Gasteiger charge is 2.15. The summed E-state index contributed by atoms with van der Waals surface area (Å²) in [6.07, 6.45) is 0.484. The number of halogens is 2. The Bertz CT molecular complexity index is 350. The molecule has 3 nitrogen and oxygen atoms in total. The van der Waals surface area contributed by atoms with Crippen LogP contribution >= 0.6 is 11.6 Å². The molecule has 0 aliphatic heterocycles. The minimum atomic E-state index is -0.652. The Hall–Kier alpha value is -1.13. The Labute approximate surface area is 92.4 Å². The summed E-state index contributed by atoms with van der Waals surface area (Å²) in [5.74, 6) is -1.01. The van der Waals surface area contributed by atoms with Crippen LogP contribution in [-0.2, 0) is 4.79 Å². The highest BCUT2D eigenvalue weighted by Crippen LogP contribution is 2.24. The molecule has 0 aliphatic rings. The smallest absolute Gasteiger partial charge is 0.241 e. The number of amides is 1. The van der Waals surface area contributed by atoms with E-state index in [2.05, 4.69) is 5.32 Å². The van der Waals surface area contributed by atoms with E-state index in [4.69, 9.17) is 17.3 Å². The molecule has 82 valence electrons. The number of benzene rings is 1. The Morgan fingerprint density at radius 3 is 2.87 bits per heavy atom. The quantitative estimate of drug-likeness (QED) is 0.836. The number of nitrogens with two attached hydrogens (primary N) is 1. The van der Waals surface area contributed by atoms with Gasteiger partial charge in [-0.2, -0.15) is 0 Å². The van der Waals surface area contributed by atoms with Crippen molar-refractivity contribution in [3.05, 3.63) is 29.0 Å². The summed E-state index contributed by atoms with van der Waals surface area (Å²) in [7, 11) is 0. The lowest BCUT2D eigenvalue weighted by molar-refractivity contribution is -0.117. The van der Waals surface area contributed by atoms with E-state index in [9.17, 15) is 9.18 Å². The van der Waals surface area contributed by atoms with Gasteiger partial charge >= 0.3 is 0 Å². The molecule has 1 rings (SSSR count). The van der Waals surface area contributed by atoms with E-state index in [1.54, 1.807) is 6.92 Å². The molecule has 0 aliphatic carbocycles. The molecule has 3 N–H and O–H groups in total. The average molecular weight is 231 g/mol. The summed E-state index contributed by atoms with van der Waals surface area (Å²) in [4.78, 5) is 11.4. The van der Waals surface area contributed by atoms with Crippen LogP contribution in [0, 0.1) is 5.82 Å². The highest BCUT2D eigenvalue weighted by atomic mass is 35.5. The predicted octanol–water partition coefficient (Wildman–Crippen LogP) is 2.15. The standard InChI is InChI=1S/C10H12ClFN2O/c1-2-8(13)10(15)14-9-6(11)4-3-5-7(9)12/h3-5,8H,2,13H2,1H3,(H,14,15)/t8-/m0/s1. The second-order valence-electron chi connectivity index (χ2n) is 3.10. The van der Waals surface area contributed by atoms with E-state index in [-0.39, 0.29) is 10.7 Å². The first-order valence-corrected chi connectivity index (χ1v) is 4.94.